The van der Waals surface area contributed by atoms with Gasteiger partial charge in [0.05, 0.1) is 6.54 Å². The third kappa shape index (κ3) is 3.51. The van der Waals surface area contributed by atoms with E-state index >= 15 is 0 Å². The van der Waals surface area contributed by atoms with Crippen LogP contribution in [0.25, 0.3) is 0 Å². The van der Waals surface area contributed by atoms with Crippen LogP contribution in [0.3, 0.4) is 0 Å². The Kier molecular flexibility index (Phi) is 4.73. The van der Waals surface area contributed by atoms with Gasteiger partial charge in [-0.1, -0.05) is 36.4 Å². The summed E-state index contributed by atoms with van der Waals surface area (Å²) in [6.07, 6.45) is 1.72. The summed E-state index contributed by atoms with van der Waals surface area (Å²) in [5.41, 5.74) is 1.12. The lowest BCUT2D eigenvalue weighted by atomic mass is 10.1. The van der Waals surface area contributed by atoms with Crippen molar-refractivity contribution in [2.24, 2.45) is 0 Å². The molecule has 1 unspecified atom stereocenters. The molecule has 1 N–H and O–H groups in total. The minimum absolute atomic E-state index is 0.0298. The molecule has 0 saturated carbocycles. The van der Waals surface area contributed by atoms with Crippen LogP contribution in [0, 0.1) is 0 Å². The Balaban J connectivity index is 2.77. The summed E-state index contributed by atoms with van der Waals surface area (Å²) in [5.74, 6) is -0.815. The van der Waals surface area contributed by atoms with Crippen LogP contribution < -0.4 is 0 Å². The molecule has 1 aromatic rings. The van der Waals surface area contributed by atoms with Gasteiger partial charge in [-0.15, -0.1) is 6.58 Å². The fourth-order valence-electron chi connectivity index (χ4n) is 1.64. The van der Waals surface area contributed by atoms with Gasteiger partial charge in [0.1, 0.15) is 0 Å². The highest BCUT2D eigenvalue weighted by atomic mass is 16.4. The SMILES string of the molecule is C=CCN(CC(=O)O)C(C)c1ccccc1. The Morgan fingerprint density at radius 1 is 1.50 bits per heavy atom. The number of carbonyl (C=O) groups is 1. The lowest BCUT2D eigenvalue weighted by molar-refractivity contribution is -0.138. The molecule has 86 valence electrons. The average Bonchev–Trinajstić information content (AvgIpc) is 2.28. The maximum absolute atomic E-state index is 10.7. The number of nitrogens with zero attached hydrogens (tertiary/aromatic N) is 1. The molecule has 3 nitrogen and oxygen atoms in total. The van der Waals surface area contributed by atoms with Crippen molar-refractivity contribution in [3.8, 4) is 0 Å². The monoisotopic (exact) mass is 219 g/mol. The van der Waals surface area contributed by atoms with Gasteiger partial charge in [-0.25, -0.2) is 0 Å². The zero-order chi connectivity index (χ0) is 12.0. The van der Waals surface area contributed by atoms with Crippen LogP contribution in [-0.4, -0.2) is 29.1 Å². The number of rotatable bonds is 6. The molecule has 0 fully saturated rings. The lowest BCUT2D eigenvalue weighted by Gasteiger charge is -2.26. The second-order valence-electron chi connectivity index (χ2n) is 3.70. The summed E-state index contributed by atoms with van der Waals surface area (Å²) in [6.45, 7) is 6.25. The largest absolute Gasteiger partial charge is 0.480 e. The summed E-state index contributed by atoms with van der Waals surface area (Å²) in [6, 6.07) is 9.95. The van der Waals surface area contributed by atoms with Crippen LogP contribution in [0.4, 0.5) is 0 Å². The van der Waals surface area contributed by atoms with E-state index in [1.165, 1.54) is 0 Å². The first-order valence-electron chi connectivity index (χ1n) is 5.27. The van der Waals surface area contributed by atoms with Crippen LogP contribution in [0.2, 0.25) is 0 Å². The molecule has 0 aromatic heterocycles. The molecule has 0 spiro atoms. The normalized spacial score (nSPS) is 12.4. The van der Waals surface area contributed by atoms with Gasteiger partial charge in [-0.05, 0) is 12.5 Å². The van der Waals surface area contributed by atoms with Gasteiger partial charge in [0.25, 0.3) is 0 Å². The summed E-state index contributed by atoms with van der Waals surface area (Å²) < 4.78 is 0. The quantitative estimate of drug-likeness (QED) is 0.746. The predicted molar refractivity (Wildman–Crippen MR) is 64.3 cm³/mol. The Bertz CT molecular complexity index is 348. The third-order valence-electron chi connectivity index (χ3n) is 2.53. The smallest absolute Gasteiger partial charge is 0.317 e. The van der Waals surface area contributed by atoms with Crippen molar-refractivity contribution in [3.05, 3.63) is 48.6 Å². The highest BCUT2D eigenvalue weighted by Crippen LogP contribution is 2.19. The zero-order valence-corrected chi connectivity index (χ0v) is 9.47. The summed E-state index contributed by atoms with van der Waals surface area (Å²) in [4.78, 5) is 12.6. The lowest BCUT2D eigenvalue weighted by Crippen LogP contribution is -2.32. The molecule has 0 aliphatic carbocycles. The topological polar surface area (TPSA) is 40.5 Å². The molecule has 0 heterocycles. The van der Waals surface area contributed by atoms with Crippen molar-refractivity contribution >= 4 is 5.97 Å². The number of hydrogen-bond acceptors (Lipinski definition) is 2. The molecule has 0 aliphatic heterocycles. The molecule has 0 saturated heterocycles. The minimum atomic E-state index is -0.815. The van der Waals surface area contributed by atoms with Crippen LogP contribution in [-0.2, 0) is 4.79 Å². The fraction of sp³-hybridized carbons (Fsp3) is 0.308. The second kappa shape index (κ2) is 6.08. The molecule has 16 heavy (non-hydrogen) atoms. The van der Waals surface area contributed by atoms with Crippen molar-refractivity contribution < 1.29 is 9.90 Å². The van der Waals surface area contributed by atoms with Crippen molar-refractivity contribution in [1.29, 1.82) is 0 Å². The minimum Gasteiger partial charge on any atom is -0.480 e. The molecule has 1 rings (SSSR count). The third-order valence-corrected chi connectivity index (χ3v) is 2.53. The number of carboxylic acids is 1. The van der Waals surface area contributed by atoms with E-state index in [4.69, 9.17) is 5.11 Å². The maximum atomic E-state index is 10.7. The predicted octanol–water partition coefficient (Wildman–Crippen LogP) is 2.32. The van der Waals surface area contributed by atoms with E-state index in [0.29, 0.717) is 6.54 Å². The summed E-state index contributed by atoms with van der Waals surface area (Å²) >= 11 is 0. The van der Waals surface area contributed by atoms with E-state index in [2.05, 4.69) is 6.58 Å². The van der Waals surface area contributed by atoms with Gasteiger partial charge in [0, 0.05) is 12.6 Å². The van der Waals surface area contributed by atoms with Gasteiger partial charge < -0.3 is 5.11 Å². The first kappa shape index (κ1) is 12.5. The number of benzene rings is 1. The maximum Gasteiger partial charge on any atom is 0.317 e. The van der Waals surface area contributed by atoms with Crippen LogP contribution in [0.15, 0.2) is 43.0 Å². The molecular formula is C13H17NO2. The van der Waals surface area contributed by atoms with Crippen molar-refractivity contribution in [2.45, 2.75) is 13.0 Å². The summed E-state index contributed by atoms with van der Waals surface area (Å²) in [7, 11) is 0. The second-order valence-corrected chi connectivity index (χ2v) is 3.70. The van der Waals surface area contributed by atoms with Crippen molar-refractivity contribution in [3.63, 3.8) is 0 Å². The van der Waals surface area contributed by atoms with Crippen molar-refractivity contribution in [1.82, 2.24) is 4.90 Å². The molecule has 0 aliphatic rings. The van der Waals surface area contributed by atoms with E-state index in [0.717, 1.165) is 5.56 Å². The van der Waals surface area contributed by atoms with Crippen LogP contribution in [0.1, 0.15) is 18.5 Å². The van der Waals surface area contributed by atoms with E-state index < -0.39 is 5.97 Å². The Morgan fingerprint density at radius 2 is 2.12 bits per heavy atom. The van der Waals surface area contributed by atoms with E-state index in [1.807, 2.05) is 42.2 Å². The van der Waals surface area contributed by atoms with E-state index in [1.54, 1.807) is 6.08 Å². The average molecular weight is 219 g/mol. The zero-order valence-electron chi connectivity index (χ0n) is 9.47. The van der Waals surface area contributed by atoms with E-state index in [-0.39, 0.29) is 12.6 Å². The highest BCUT2D eigenvalue weighted by Gasteiger charge is 2.16. The van der Waals surface area contributed by atoms with Gasteiger partial charge in [-0.3, -0.25) is 9.69 Å². The molecule has 3 heteroatoms. The molecular weight excluding hydrogens is 202 g/mol. The van der Waals surface area contributed by atoms with Gasteiger partial charge in [0.2, 0.25) is 0 Å². The van der Waals surface area contributed by atoms with E-state index in [9.17, 15) is 4.79 Å². The standard InChI is InChI=1S/C13H17NO2/c1-3-9-14(10-13(15)16)11(2)12-7-5-4-6-8-12/h3-8,11H,1,9-10H2,2H3,(H,15,16). The van der Waals surface area contributed by atoms with Crippen LogP contribution in [0.5, 0.6) is 0 Å². The van der Waals surface area contributed by atoms with Gasteiger partial charge >= 0.3 is 5.97 Å². The highest BCUT2D eigenvalue weighted by molar-refractivity contribution is 5.69. The first-order valence-corrected chi connectivity index (χ1v) is 5.27. The Morgan fingerprint density at radius 3 is 2.62 bits per heavy atom. The number of carboxylic acid groups (broad SMARTS) is 1. The number of aliphatic carboxylic acids is 1. The summed E-state index contributed by atoms with van der Waals surface area (Å²) in [5, 5.41) is 8.83. The molecule has 1 atom stereocenters. The molecule has 0 bridgehead atoms. The Labute approximate surface area is 96.0 Å². The number of hydrogen-bond donors (Lipinski definition) is 1. The molecule has 0 amide bonds. The fourth-order valence-corrected chi connectivity index (χ4v) is 1.64. The first-order chi connectivity index (χ1) is 7.65. The molecule has 1 aromatic carbocycles. The molecule has 0 radical (unpaired) electrons. The Hall–Kier alpha value is -1.61. The van der Waals surface area contributed by atoms with Gasteiger partial charge in [0.15, 0.2) is 0 Å². The van der Waals surface area contributed by atoms with Crippen molar-refractivity contribution in [2.75, 3.05) is 13.1 Å². The van der Waals surface area contributed by atoms with Gasteiger partial charge in [-0.2, -0.15) is 0 Å². The van der Waals surface area contributed by atoms with Crippen LogP contribution >= 0.6 is 0 Å².